The minimum Gasteiger partial charge on any atom is -0.476 e. The minimum absolute atomic E-state index is 0.0393. The highest BCUT2D eigenvalue weighted by molar-refractivity contribution is 5.85. The number of aromatic nitrogens is 2. The predicted octanol–water partition coefficient (Wildman–Crippen LogP) is -0.628. The van der Waals surface area contributed by atoms with Crippen molar-refractivity contribution >= 4 is 11.8 Å². The van der Waals surface area contributed by atoms with Crippen molar-refractivity contribution in [2.75, 3.05) is 31.3 Å². The number of anilines is 1. The van der Waals surface area contributed by atoms with Crippen LogP contribution in [0.15, 0.2) is 12.1 Å². The highest BCUT2D eigenvalue weighted by atomic mass is 16.5. The van der Waals surface area contributed by atoms with E-state index in [4.69, 9.17) is 9.84 Å². The zero-order chi connectivity index (χ0) is 12.3. The Morgan fingerprint density at radius 1 is 1.53 bits per heavy atom. The first-order valence-electron chi connectivity index (χ1n) is 5.24. The number of nitrogens with zero attached hydrogens (tertiary/aromatic N) is 3. The number of ether oxygens (including phenoxy) is 1. The molecule has 1 saturated heterocycles. The maximum atomic E-state index is 10.6. The van der Waals surface area contributed by atoms with E-state index in [0.717, 1.165) is 0 Å². The second-order valence-electron chi connectivity index (χ2n) is 3.69. The van der Waals surface area contributed by atoms with Crippen LogP contribution in [0.3, 0.4) is 0 Å². The Morgan fingerprint density at radius 3 is 2.94 bits per heavy atom. The van der Waals surface area contributed by atoms with Crippen molar-refractivity contribution in [2.24, 2.45) is 0 Å². The molecule has 1 aromatic rings. The van der Waals surface area contributed by atoms with E-state index in [0.29, 0.717) is 25.6 Å². The standard InChI is InChI=1S/C10H13N3O4/c14-5-7-6-17-4-3-13(7)9-2-1-8(10(15)16)11-12-9/h1-2,7,14H,3-6H2,(H,15,16). The van der Waals surface area contributed by atoms with Gasteiger partial charge in [-0.3, -0.25) is 0 Å². The monoisotopic (exact) mass is 239 g/mol. The van der Waals surface area contributed by atoms with Gasteiger partial charge in [0.1, 0.15) is 0 Å². The Labute approximate surface area is 97.6 Å². The highest BCUT2D eigenvalue weighted by Crippen LogP contribution is 2.16. The van der Waals surface area contributed by atoms with E-state index in [1.165, 1.54) is 6.07 Å². The SMILES string of the molecule is O=C(O)c1ccc(N2CCOCC2CO)nn1. The molecule has 1 atom stereocenters. The Hall–Kier alpha value is -1.73. The summed E-state index contributed by atoms with van der Waals surface area (Å²) in [6.45, 7) is 1.55. The van der Waals surface area contributed by atoms with E-state index in [1.54, 1.807) is 6.07 Å². The lowest BCUT2D eigenvalue weighted by molar-refractivity contribution is 0.0685. The van der Waals surface area contributed by atoms with Gasteiger partial charge in [-0.1, -0.05) is 0 Å². The fourth-order valence-corrected chi connectivity index (χ4v) is 1.70. The number of aromatic carboxylic acids is 1. The summed E-state index contributed by atoms with van der Waals surface area (Å²) in [6, 6.07) is 2.83. The molecule has 17 heavy (non-hydrogen) atoms. The molecule has 2 rings (SSSR count). The van der Waals surface area contributed by atoms with Crippen molar-refractivity contribution in [3.8, 4) is 0 Å². The molecule has 2 N–H and O–H groups in total. The van der Waals surface area contributed by atoms with Crippen LogP contribution in [0, 0.1) is 0 Å². The van der Waals surface area contributed by atoms with Crippen molar-refractivity contribution in [1.29, 1.82) is 0 Å². The van der Waals surface area contributed by atoms with Crippen molar-refractivity contribution in [2.45, 2.75) is 6.04 Å². The lowest BCUT2D eigenvalue weighted by Gasteiger charge is -2.34. The Balaban J connectivity index is 2.17. The van der Waals surface area contributed by atoms with Crippen LogP contribution in [0.4, 0.5) is 5.82 Å². The molecular weight excluding hydrogens is 226 g/mol. The highest BCUT2D eigenvalue weighted by Gasteiger charge is 2.23. The molecule has 0 amide bonds. The summed E-state index contributed by atoms with van der Waals surface area (Å²) in [5.74, 6) is -0.554. The molecule has 1 fully saturated rings. The molecule has 7 nitrogen and oxygen atoms in total. The molecule has 0 saturated carbocycles. The van der Waals surface area contributed by atoms with E-state index in [2.05, 4.69) is 10.2 Å². The van der Waals surface area contributed by atoms with Gasteiger partial charge in [0.25, 0.3) is 0 Å². The van der Waals surface area contributed by atoms with Crippen molar-refractivity contribution < 1.29 is 19.7 Å². The topological polar surface area (TPSA) is 95.8 Å². The molecule has 1 aliphatic rings. The second kappa shape index (κ2) is 5.07. The van der Waals surface area contributed by atoms with E-state index in [-0.39, 0.29) is 18.3 Å². The number of carbonyl (C=O) groups is 1. The summed E-state index contributed by atoms with van der Waals surface area (Å²) in [5, 5.41) is 25.4. The Kier molecular flexibility index (Phi) is 3.50. The van der Waals surface area contributed by atoms with E-state index >= 15 is 0 Å². The quantitative estimate of drug-likeness (QED) is 0.725. The van der Waals surface area contributed by atoms with Gasteiger partial charge in [-0.2, -0.15) is 0 Å². The third kappa shape index (κ3) is 2.51. The van der Waals surface area contributed by atoms with E-state index < -0.39 is 5.97 Å². The van der Waals surface area contributed by atoms with Gasteiger partial charge in [-0.05, 0) is 12.1 Å². The van der Waals surface area contributed by atoms with E-state index in [9.17, 15) is 9.90 Å². The van der Waals surface area contributed by atoms with Gasteiger partial charge >= 0.3 is 5.97 Å². The van der Waals surface area contributed by atoms with Crippen LogP contribution >= 0.6 is 0 Å². The largest absolute Gasteiger partial charge is 0.476 e. The van der Waals surface area contributed by atoms with Gasteiger partial charge in [-0.25, -0.2) is 4.79 Å². The number of carboxylic acids is 1. The molecule has 1 aliphatic heterocycles. The fourth-order valence-electron chi connectivity index (χ4n) is 1.70. The summed E-state index contributed by atoms with van der Waals surface area (Å²) in [6.07, 6.45) is 0. The van der Waals surface area contributed by atoms with Crippen LogP contribution in [-0.4, -0.2) is 58.8 Å². The molecule has 0 bridgehead atoms. The molecule has 0 spiro atoms. The third-order valence-corrected chi connectivity index (χ3v) is 2.60. The summed E-state index contributed by atoms with van der Waals surface area (Å²) in [5.41, 5.74) is -0.0949. The number of carboxylic acid groups (broad SMARTS) is 1. The summed E-state index contributed by atoms with van der Waals surface area (Å²) in [4.78, 5) is 12.5. The normalized spacial score (nSPS) is 20.3. The smallest absolute Gasteiger partial charge is 0.356 e. The Morgan fingerprint density at radius 2 is 2.35 bits per heavy atom. The van der Waals surface area contributed by atoms with Crippen molar-refractivity contribution in [3.63, 3.8) is 0 Å². The number of aliphatic hydroxyl groups is 1. The van der Waals surface area contributed by atoms with Gasteiger partial charge < -0.3 is 19.8 Å². The van der Waals surface area contributed by atoms with Crippen molar-refractivity contribution in [1.82, 2.24) is 10.2 Å². The zero-order valence-corrected chi connectivity index (χ0v) is 9.11. The fraction of sp³-hybridized carbons (Fsp3) is 0.500. The maximum absolute atomic E-state index is 10.6. The summed E-state index contributed by atoms with van der Waals surface area (Å²) < 4.78 is 5.24. The van der Waals surface area contributed by atoms with Crippen LogP contribution in [-0.2, 0) is 4.74 Å². The maximum Gasteiger partial charge on any atom is 0.356 e. The van der Waals surface area contributed by atoms with Gasteiger partial charge in [0.15, 0.2) is 11.5 Å². The molecule has 1 aromatic heterocycles. The number of rotatable bonds is 3. The molecule has 7 heteroatoms. The number of aliphatic hydroxyl groups excluding tert-OH is 1. The average molecular weight is 239 g/mol. The number of hydrogen-bond donors (Lipinski definition) is 2. The summed E-state index contributed by atoms with van der Waals surface area (Å²) in [7, 11) is 0. The molecule has 0 aromatic carbocycles. The van der Waals surface area contributed by atoms with Crippen LogP contribution in [0.2, 0.25) is 0 Å². The minimum atomic E-state index is -1.11. The molecular formula is C10H13N3O4. The van der Waals surface area contributed by atoms with Gasteiger partial charge in [0.2, 0.25) is 0 Å². The molecule has 92 valence electrons. The molecule has 2 heterocycles. The third-order valence-electron chi connectivity index (χ3n) is 2.60. The Bertz CT molecular complexity index is 395. The molecule has 1 unspecified atom stereocenters. The lowest BCUT2D eigenvalue weighted by Crippen LogP contribution is -2.48. The first-order valence-corrected chi connectivity index (χ1v) is 5.24. The first-order chi connectivity index (χ1) is 8.22. The van der Waals surface area contributed by atoms with E-state index in [1.807, 2.05) is 4.90 Å². The van der Waals surface area contributed by atoms with Crippen LogP contribution in [0.1, 0.15) is 10.5 Å². The second-order valence-corrected chi connectivity index (χ2v) is 3.69. The first kappa shape index (κ1) is 11.7. The molecule has 0 aliphatic carbocycles. The lowest BCUT2D eigenvalue weighted by atomic mass is 10.2. The van der Waals surface area contributed by atoms with Crippen LogP contribution in [0.5, 0.6) is 0 Å². The summed E-state index contributed by atoms with van der Waals surface area (Å²) >= 11 is 0. The number of hydrogen-bond acceptors (Lipinski definition) is 6. The predicted molar refractivity (Wildman–Crippen MR) is 58.0 cm³/mol. The zero-order valence-electron chi connectivity index (χ0n) is 9.11. The molecule has 0 radical (unpaired) electrons. The van der Waals surface area contributed by atoms with Gasteiger partial charge in [-0.15, -0.1) is 10.2 Å². The van der Waals surface area contributed by atoms with Crippen molar-refractivity contribution in [3.05, 3.63) is 17.8 Å². The average Bonchev–Trinajstić information content (AvgIpc) is 2.39. The number of morpholine rings is 1. The van der Waals surface area contributed by atoms with Crippen LogP contribution in [0.25, 0.3) is 0 Å². The van der Waals surface area contributed by atoms with Gasteiger partial charge in [0.05, 0.1) is 25.9 Å². The van der Waals surface area contributed by atoms with Gasteiger partial charge in [0, 0.05) is 6.54 Å². The van der Waals surface area contributed by atoms with Crippen LogP contribution < -0.4 is 4.90 Å².